The van der Waals surface area contributed by atoms with Gasteiger partial charge in [0.25, 0.3) is 0 Å². The number of benzene rings is 3. The summed E-state index contributed by atoms with van der Waals surface area (Å²) in [6.07, 6.45) is 4.24. The van der Waals surface area contributed by atoms with Crippen LogP contribution in [0.5, 0.6) is 5.75 Å². The van der Waals surface area contributed by atoms with Gasteiger partial charge >= 0.3 is 5.97 Å². The maximum atomic E-state index is 14.2. The summed E-state index contributed by atoms with van der Waals surface area (Å²) in [5.41, 5.74) is 2.53. The Hall–Kier alpha value is -2.88. The molecule has 0 amide bonds. The number of ether oxygens (including phenoxy) is 1. The minimum absolute atomic E-state index is 0.154. The smallest absolute Gasteiger partial charge is 0.344 e. The lowest BCUT2D eigenvalue weighted by molar-refractivity contribution is -0.145. The molecular weight excluding hydrogens is 403 g/mol. The summed E-state index contributed by atoms with van der Waals surface area (Å²) in [5, 5.41) is 10.9. The van der Waals surface area contributed by atoms with Crippen LogP contribution in [0.4, 0.5) is 4.39 Å². The van der Waals surface area contributed by atoms with Gasteiger partial charge in [0, 0.05) is 5.39 Å². The second-order valence-corrected chi connectivity index (χ2v) is 9.12. The Morgan fingerprint density at radius 2 is 1.78 bits per heavy atom. The fraction of sp³-hybridized carbons (Fsp3) is 0.393. The van der Waals surface area contributed by atoms with Crippen LogP contribution in [0.2, 0.25) is 0 Å². The third-order valence-corrected chi connectivity index (χ3v) is 6.94. The molecule has 3 aromatic rings. The fourth-order valence-corrected chi connectivity index (χ4v) is 5.23. The minimum atomic E-state index is -0.932. The third-order valence-electron chi connectivity index (χ3n) is 6.94. The van der Waals surface area contributed by atoms with Gasteiger partial charge in [0.05, 0.1) is 0 Å². The molecule has 0 spiro atoms. The molecule has 0 bridgehead atoms. The van der Waals surface area contributed by atoms with Crippen LogP contribution in [0.1, 0.15) is 68.9 Å². The highest BCUT2D eigenvalue weighted by Gasteiger charge is 2.28. The average molecular weight is 435 g/mol. The molecule has 3 nitrogen and oxygen atoms in total. The zero-order valence-electron chi connectivity index (χ0n) is 18.8. The molecule has 4 atom stereocenters. The average Bonchev–Trinajstić information content (AvgIpc) is 3.26. The van der Waals surface area contributed by atoms with E-state index in [0.29, 0.717) is 35.3 Å². The number of carbonyl (C=O) groups is 1. The van der Waals surface area contributed by atoms with Crippen molar-refractivity contribution in [3.8, 4) is 5.75 Å². The highest BCUT2D eigenvalue weighted by atomic mass is 19.1. The number of aliphatic carboxylic acids is 1. The minimum Gasteiger partial charge on any atom is -0.479 e. The van der Waals surface area contributed by atoms with Crippen molar-refractivity contribution in [1.82, 2.24) is 0 Å². The lowest BCUT2D eigenvalue weighted by Gasteiger charge is -2.19. The Bertz CT molecular complexity index is 1080. The van der Waals surface area contributed by atoms with Gasteiger partial charge in [-0.3, -0.25) is 0 Å². The molecule has 4 rings (SSSR count). The van der Waals surface area contributed by atoms with Crippen molar-refractivity contribution >= 4 is 16.7 Å². The van der Waals surface area contributed by atoms with Gasteiger partial charge < -0.3 is 9.84 Å². The Balaban J connectivity index is 1.39. The number of hydrogen-bond acceptors (Lipinski definition) is 2. The topological polar surface area (TPSA) is 46.5 Å². The molecule has 1 fully saturated rings. The van der Waals surface area contributed by atoms with E-state index in [2.05, 4.69) is 19.1 Å². The second kappa shape index (κ2) is 9.72. The summed E-state index contributed by atoms with van der Waals surface area (Å²) in [6.45, 7) is 4.06. The molecule has 1 N–H and O–H groups in total. The van der Waals surface area contributed by atoms with E-state index in [1.807, 2.05) is 49.4 Å². The molecule has 4 heteroatoms. The van der Waals surface area contributed by atoms with Gasteiger partial charge in [-0.05, 0) is 84.6 Å². The number of hydrogen-bond donors (Lipinski definition) is 1. The monoisotopic (exact) mass is 434 g/mol. The Kier molecular flexibility index (Phi) is 6.78. The second-order valence-electron chi connectivity index (χ2n) is 9.12. The summed E-state index contributed by atoms with van der Waals surface area (Å²) in [7, 11) is 0. The SMILES string of the molecule is CCC(Oc1ccc(C2CCC(C[C@H](C)c3ccc(F)c4ccccc34)C2)cc1)C(=O)O. The van der Waals surface area contributed by atoms with Crippen LogP contribution in [0.3, 0.4) is 0 Å². The first-order valence-corrected chi connectivity index (χ1v) is 11.6. The maximum absolute atomic E-state index is 14.2. The number of carboxylic acid groups (broad SMARTS) is 1. The predicted molar refractivity (Wildman–Crippen MR) is 126 cm³/mol. The van der Waals surface area contributed by atoms with E-state index in [0.717, 1.165) is 24.6 Å². The Morgan fingerprint density at radius 3 is 2.47 bits per heavy atom. The van der Waals surface area contributed by atoms with Crippen molar-refractivity contribution in [3.05, 3.63) is 77.6 Å². The number of carboxylic acids is 1. The van der Waals surface area contributed by atoms with Gasteiger partial charge in [0.15, 0.2) is 6.10 Å². The molecule has 0 heterocycles. The standard InChI is InChI=1S/C28H31FO3/c1-3-27(28(30)31)32-22-12-10-20(11-13-22)21-9-8-19(17-21)16-18(2)23-14-15-26(29)25-7-5-4-6-24(23)25/h4-7,10-15,18-19,21,27H,3,8-9,16-17H2,1-2H3,(H,30,31)/t18-,19?,21?,27?/m0/s1. The van der Waals surface area contributed by atoms with E-state index in [-0.39, 0.29) is 5.82 Å². The Morgan fingerprint density at radius 1 is 1.06 bits per heavy atom. The van der Waals surface area contributed by atoms with Crippen molar-refractivity contribution in [2.24, 2.45) is 5.92 Å². The normalized spacial score (nSPS) is 20.2. The molecule has 0 aliphatic heterocycles. The summed E-state index contributed by atoms with van der Waals surface area (Å²) in [6, 6.07) is 19.2. The predicted octanol–water partition coefficient (Wildman–Crippen LogP) is 7.30. The van der Waals surface area contributed by atoms with Gasteiger partial charge in [0.2, 0.25) is 0 Å². The van der Waals surface area contributed by atoms with Gasteiger partial charge in [-0.1, -0.05) is 56.3 Å². The van der Waals surface area contributed by atoms with Crippen LogP contribution in [-0.2, 0) is 4.79 Å². The summed E-state index contributed by atoms with van der Waals surface area (Å²) >= 11 is 0. The number of halogens is 1. The third kappa shape index (κ3) is 4.79. The zero-order valence-corrected chi connectivity index (χ0v) is 18.8. The van der Waals surface area contributed by atoms with E-state index in [4.69, 9.17) is 4.74 Å². The molecule has 0 saturated heterocycles. The fourth-order valence-electron chi connectivity index (χ4n) is 5.23. The van der Waals surface area contributed by atoms with Crippen molar-refractivity contribution in [2.75, 3.05) is 0 Å². The van der Waals surface area contributed by atoms with Crippen molar-refractivity contribution in [3.63, 3.8) is 0 Å². The zero-order chi connectivity index (χ0) is 22.7. The molecule has 32 heavy (non-hydrogen) atoms. The van der Waals surface area contributed by atoms with Crippen LogP contribution in [0.15, 0.2) is 60.7 Å². The van der Waals surface area contributed by atoms with Crippen LogP contribution in [-0.4, -0.2) is 17.2 Å². The van der Waals surface area contributed by atoms with Crippen LogP contribution in [0.25, 0.3) is 10.8 Å². The molecule has 1 aliphatic rings. The number of fused-ring (bicyclic) bond motifs is 1. The summed E-state index contributed by atoms with van der Waals surface area (Å²) in [5.74, 6) is 1.06. The van der Waals surface area contributed by atoms with E-state index in [1.165, 1.54) is 17.5 Å². The van der Waals surface area contributed by atoms with Gasteiger partial charge in [-0.25, -0.2) is 9.18 Å². The largest absolute Gasteiger partial charge is 0.479 e. The first kappa shape index (κ1) is 22.3. The highest BCUT2D eigenvalue weighted by Crippen LogP contribution is 2.43. The van der Waals surface area contributed by atoms with E-state index in [9.17, 15) is 14.3 Å². The molecule has 3 unspecified atom stereocenters. The first-order chi connectivity index (χ1) is 15.5. The molecular formula is C28H31FO3. The van der Waals surface area contributed by atoms with E-state index in [1.54, 1.807) is 6.07 Å². The molecule has 0 aromatic heterocycles. The maximum Gasteiger partial charge on any atom is 0.344 e. The number of rotatable bonds is 8. The Labute approximate surface area is 189 Å². The van der Waals surface area contributed by atoms with E-state index >= 15 is 0 Å². The summed E-state index contributed by atoms with van der Waals surface area (Å²) < 4.78 is 19.8. The first-order valence-electron chi connectivity index (χ1n) is 11.6. The molecule has 1 aliphatic carbocycles. The molecule has 3 aromatic carbocycles. The molecule has 1 saturated carbocycles. The van der Waals surface area contributed by atoms with Gasteiger partial charge in [-0.15, -0.1) is 0 Å². The van der Waals surface area contributed by atoms with Crippen LogP contribution < -0.4 is 4.74 Å². The van der Waals surface area contributed by atoms with Crippen molar-refractivity contribution < 1.29 is 19.0 Å². The van der Waals surface area contributed by atoms with Crippen molar-refractivity contribution in [2.45, 2.75) is 63.9 Å². The van der Waals surface area contributed by atoms with Crippen molar-refractivity contribution in [1.29, 1.82) is 0 Å². The van der Waals surface area contributed by atoms with Crippen LogP contribution >= 0.6 is 0 Å². The lowest BCUT2D eigenvalue weighted by atomic mass is 9.86. The van der Waals surface area contributed by atoms with E-state index < -0.39 is 12.1 Å². The molecule has 0 radical (unpaired) electrons. The molecule has 168 valence electrons. The quantitative estimate of drug-likeness (QED) is 0.405. The lowest BCUT2D eigenvalue weighted by Crippen LogP contribution is -2.25. The highest BCUT2D eigenvalue weighted by molar-refractivity contribution is 5.86. The van der Waals surface area contributed by atoms with Gasteiger partial charge in [-0.2, -0.15) is 0 Å². The van der Waals surface area contributed by atoms with Gasteiger partial charge in [0.1, 0.15) is 11.6 Å². The summed E-state index contributed by atoms with van der Waals surface area (Å²) in [4.78, 5) is 11.2. The van der Waals surface area contributed by atoms with Crippen LogP contribution in [0, 0.1) is 11.7 Å².